The zero-order chi connectivity index (χ0) is 20.0. The molecule has 0 bridgehead atoms. The molecule has 2 N–H and O–H groups in total. The number of pyridine rings is 1. The van der Waals surface area contributed by atoms with Crippen molar-refractivity contribution >= 4 is 37.5 Å². The minimum Gasteiger partial charge on any atom is -0.323 e. The minimum absolute atomic E-state index is 0.0861. The zero-order valence-electron chi connectivity index (χ0n) is 14.7. The van der Waals surface area contributed by atoms with E-state index in [4.69, 9.17) is 0 Å². The van der Waals surface area contributed by atoms with Crippen LogP contribution in [0.1, 0.15) is 5.56 Å². The molecular formula is C20H18BrN3O3S. The number of benzene rings is 2. The highest BCUT2D eigenvalue weighted by Crippen LogP contribution is 2.16. The predicted molar refractivity (Wildman–Crippen MR) is 111 cm³/mol. The van der Waals surface area contributed by atoms with E-state index in [-0.39, 0.29) is 11.3 Å². The van der Waals surface area contributed by atoms with Crippen LogP contribution in [0.15, 0.2) is 88.5 Å². The Balaban J connectivity index is 1.84. The second-order valence-corrected chi connectivity index (χ2v) is 8.68. The lowest BCUT2D eigenvalue weighted by Crippen LogP contribution is -2.45. The molecule has 28 heavy (non-hydrogen) atoms. The number of aromatic nitrogens is 1. The fourth-order valence-electron chi connectivity index (χ4n) is 2.57. The summed E-state index contributed by atoms with van der Waals surface area (Å²) in [4.78, 5) is 16.8. The second-order valence-electron chi connectivity index (χ2n) is 6.05. The molecule has 2 aromatic carbocycles. The fourth-order valence-corrected chi connectivity index (χ4v) is 4.03. The summed E-state index contributed by atoms with van der Waals surface area (Å²) in [6.07, 6.45) is 3.30. The number of carbonyl (C=O) groups excluding carboxylic acids is 1. The Bertz CT molecular complexity index is 1030. The van der Waals surface area contributed by atoms with Crippen LogP contribution in [-0.2, 0) is 21.2 Å². The Morgan fingerprint density at radius 1 is 1.00 bits per heavy atom. The fraction of sp³-hybridized carbons (Fsp3) is 0.100. The van der Waals surface area contributed by atoms with Crippen LogP contribution >= 0.6 is 15.9 Å². The second kappa shape index (κ2) is 9.09. The summed E-state index contributed by atoms with van der Waals surface area (Å²) < 4.78 is 28.9. The third-order valence-corrected chi connectivity index (χ3v) is 5.97. The normalized spacial score (nSPS) is 12.3. The number of nitrogens with zero attached hydrogens (tertiary/aromatic N) is 1. The van der Waals surface area contributed by atoms with Gasteiger partial charge >= 0.3 is 0 Å². The summed E-state index contributed by atoms with van der Waals surface area (Å²) in [5.74, 6) is -0.461. The molecule has 0 saturated carbocycles. The molecule has 8 heteroatoms. The van der Waals surface area contributed by atoms with Gasteiger partial charge in [0.2, 0.25) is 15.9 Å². The van der Waals surface area contributed by atoms with Crippen molar-refractivity contribution in [3.05, 3.63) is 89.2 Å². The van der Waals surface area contributed by atoms with Gasteiger partial charge in [-0.15, -0.1) is 0 Å². The Morgan fingerprint density at radius 3 is 2.36 bits per heavy atom. The third-order valence-electron chi connectivity index (χ3n) is 3.95. The lowest BCUT2D eigenvalue weighted by molar-refractivity contribution is -0.117. The zero-order valence-corrected chi connectivity index (χ0v) is 17.2. The first-order chi connectivity index (χ1) is 13.4. The maximum Gasteiger partial charge on any atom is 0.242 e. The first-order valence-electron chi connectivity index (χ1n) is 8.47. The molecule has 3 rings (SSSR count). The number of nitrogens with one attached hydrogen (secondary N) is 2. The topological polar surface area (TPSA) is 88.2 Å². The number of sulfonamides is 1. The van der Waals surface area contributed by atoms with Crippen LogP contribution in [0.25, 0.3) is 0 Å². The first-order valence-corrected chi connectivity index (χ1v) is 10.7. The number of anilines is 1. The van der Waals surface area contributed by atoms with E-state index in [1.54, 1.807) is 30.5 Å². The maximum absolute atomic E-state index is 12.8. The standard InChI is InChI=1S/C20H18BrN3O3S/c21-16-8-10-18(11-9-16)28(26,27)24-19(13-15-5-2-1-3-6-15)20(25)23-17-7-4-12-22-14-17/h1-12,14,19,24H,13H2,(H,23,25). The largest absolute Gasteiger partial charge is 0.323 e. The Hall–Kier alpha value is -2.55. The molecule has 1 unspecified atom stereocenters. The van der Waals surface area contributed by atoms with Crippen molar-refractivity contribution in [1.82, 2.24) is 9.71 Å². The molecule has 3 aromatic rings. The van der Waals surface area contributed by atoms with Crippen molar-refractivity contribution in [2.75, 3.05) is 5.32 Å². The summed E-state index contributed by atoms with van der Waals surface area (Å²) in [7, 11) is -3.88. The van der Waals surface area contributed by atoms with E-state index in [1.807, 2.05) is 30.3 Å². The van der Waals surface area contributed by atoms with Gasteiger partial charge in [0.25, 0.3) is 0 Å². The lowest BCUT2D eigenvalue weighted by atomic mass is 10.1. The quantitative estimate of drug-likeness (QED) is 0.566. The van der Waals surface area contributed by atoms with Crippen LogP contribution in [0.2, 0.25) is 0 Å². The van der Waals surface area contributed by atoms with Crippen molar-refractivity contribution in [1.29, 1.82) is 0 Å². The summed E-state index contributed by atoms with van der Waals surface area (Å²) in [5.41, 5.74) is 1.33. The molecule has 1 amide bonds. The molecule has 144 valence electrons. The minimum atomic E-state index is -3.88. The molecule has 6 nitrogen and oxygen atoms in total. The summed E-state index contributed by atoms with van der Waals surface area (Å²) in [6.45, 7) is 0. The molecule has 0 spiro atoms. The van der Waals surface area contributed by atoms with E-state index in [9.17, 15) is 13.2 Å². The molecule has 0 aliphatic carbocycles. The van der Waals surface area contributed by atoms with E-state index >= 15 is 0 Å². The van der Waals surface area contributed by atoms with Crippen LogP contribution < -0.4 is 10.0 Å². The van der Waals surface area contributed by atoms with Crippen LogP contribution in [0.4, 0.5) is 5.69 Å². The average Bonchev–Trinajstić information content (AvgIpc) is 2.69. The number of rotatable bonds is 7. The van der Waals surface area contributed by atoms with Crippen LogP contribution in [-0.4, -0.2) is 25.4 Å². The van der Waals surface area contributed by atoms with Crippen LogP contribution in [0, 0.1) is 0 Å². The number of amides is 1. The average molecular weight is 460 g/mol. The third kappa shape index (κ3) is 5.48. The van der Waals surface area contributed by atoms with Gasteiger partial charge in [-0.3, -0.25) is 9.78 Å². The highest BCUT2D eigenvalue weighted by molar-refractivity contribution is 9.10. The molecule has 1 atom stereocenters. The van der Waals surface area contributed by atoms with Crippen molar-refractivity contribution in [3.8, 4) is 0 Å². The first kappa shape index (κ1) is 20.2. The number of halogens is 1. The maximum atomic E-state index is 12.8. The van der Waals surface area contributed by atoms with Gasteiger partial charge in [-0.2, -0.15) is 4.72 Å². The molecule has 0 fully saturated rings. The van der Waals surface area contributed by atoms with E-state index < -0.39 is 22.0 Å². The molecule has 0 aliphatic rings. The van der Waals surface area contributed by atoms with E-state index in [1.165, 1.54) is 18.3 Å². The Labute approximate surface area is 172 Å². The monoisotopic (exact) mass is 459 g/mol. The molecule has 1 heterocycles. The lowest BCUT2D eigenvalue weighted by Gasteiger charge is -2.19. The van der Waals surface area contributed by atoms with Crippen LogP contribution in [0.3, 0.4) is 0 Å². The van der Waals surface area contributed by atoms with Crippen molar-refractivity contribution < 1.29 is 13.2 Å². The number of hydrogen-bond donors (Lipinski definition) is 2. The Kier molecular flexibility index (Phi) is 6.56. The van der Waals surface area contributed by atoms with Gasteiger partial charge in [-0.1, -0.05) is 46.3 Å². The van der Waals surface area contributed by atoms with Crippen molar-refractivity contribution in [2.24, 2.45) is 0 Å². The van der Waals surface area contributed by atoms with Gasteiger partial charge in [0, 0.05) is 10.7 Å². The molecule has 0 aliphatic heterocycles. The van der Waals surface area contributed by atoms with Gasteiger partial charge in [-0.25, -0.2) is 8.42 Å². The molecule has 0 radical (unpaired) electrons. The molecular weight excluding hydrogens is 442 g/mol. The summed E-state index contributed by atoms with van der Waals surface area (Å²) in [5, 5.41) is 2.71. The van der Waals surface area contributed by atoms with E-state index in [0.29, 0.717) is 5.69 Å². The summed E-state index contributed by atoms with van der Waals surface area (Å²) >= 11 is 3.28. The van der Waals surface area contributed by atoms with Gasteiger partial charge in [0.05, 0.1) is 16.8 Å². The van der Waals surface area contributed by atoms with Gasteiger partial charge in [0.15, 0.2) is 0 Å². The SMILES string of the molecule is O=C(Nc1cccnc1)C(Cc1ccccc1)NS(=O)(=O)c1ccc(Br)cc1. The molecule has 0 saturated heterocycles. The van der Waals surface area contributed by atoms with Crippen molar-refractivity contribution in [2.45, 2.75) is 17.4 Å². The highest BCUT2D eigenvalue weighted by atomic mass is 79.9. The highest BCUT2D eigenvalue weighted by Gasteiger charge is 2.26. The van der Waals surface area contributed by atoms with Crippen LogP contribution in [0.5, 0.6) is 0 Å². The van der Waals surface area contributed by atoms with Gasteiger partial charge < -0.3 is 5.32 Å². The van der Waals surface area contributed by atoms with Gasteiger partial charge in [0.1, 0.15) is 6.04 Å². The van der Waals surface area contributed by atoms with E-state index in [2.05, 4.69) is 31.0 Å². The predicted octanol–water partition coefficient (Wildman–Crippen LogP) is 3.37. The van der Waals surface area contributed by atoms with Crippen molar-refractivity contribution in [3.63, 3.8) is 0 Å². The van der Waals surface area contributed by atoms with E-state index in [0.717, 1.165) is 10.0 Å². The molecule has 1 aromatic heterocycles. The smallest absolute Gasteiger partial charge is 0.242 e. The summed E-state index contributed by atoms with van der Waals surface area (Å²) in [6, 6.07) is 17.8. The Morgan fingerprint density at radius 2 is 1.71 bits per heavy atom. The number of hydrogen-bond acceptors (Lipinski definition) is 4. The number of carbonyl (C=O) groups is 1. The van der Waals surface area contributed by atoms with Gasteiger partial charge in [-0.05, 0) is 48.4 Å².